The van der Waals surface area contributed by atoms with Crippen LogP contribution in [0.4, 0.5) is 0 Å². The Morgan fingerprint density at radius 2 is 1.93 bits per heavy atom. The second kappa shape index (κ2) is 8.99. The van der Waals surface area contributed by atoms with Gasteiger partial charge in [0.25, 0.3) is 5.91 Å². The van der Waals surface area contributed by atoms with Crippen molar-refractivity contribution in [3.8, 4) is 11.3 Å². The van der Waals surface area contributed by atoms with Crippen molar-refractivity contribution in [2.75, 3.05) is 13.1 Å². The van der Waals surface area contributed by atoms with Crippen LogP contribution in [0.25, 0.3) is 11.3 Å². The summed E-state index contributed by atoms with van der Waals surface area (Å²) in [5.74, 6) is -0.703. The first-order valence-electron chi connectivity index (χ1n) is 9.97. The van der Waals surface area contributed by atoms with Crippen molar-refractivity contribution in [3.05, 3.63) is 53.7 Å². The van der Waals surface area contributed by atoms with Gasteiger partial charge in [0.1, 0.15) is 5.78 Å². The maximum absolute atomic E-state index is 12.9. The monoisotopic (exact) mass is 394 g/mol. The van der Waals surface area contributed by atoms with E-state index in [9.17, 15) is 19.5 Å². The maximum Gasteiger partial charge on any atom is 0.336 e. The lowest BCUT2D eigenvalue weighted by Gasteiger charge is -2.32. The Kier molecular flexibility index (Phi) is 6.42. The van der Waals surface area contributed by atoms with Crippen molar-refractivity contribution in [2.45, 2.75) is 33.1 Å². The molecular weight excluding hydrogens is 368 g/mol. The minimum Gasteiger partial charge on any atom is -0.478 e. The first kappa shape index (κ1) is 20.7. The molecule has 2 heterocycles. The minimum absolute atomic E-state index is 0.0928. The zero-order chi connectivity index (χ0) is 21.0. The number of Topliss-reactive ketones (excluding diaryl/α,β-unsaturated/α-hetero) is 1. The number of nitrogens with zero attached hydrogens (tertiary/aromatic N) is 2. The Morgan fingerprint density at radius 1 is 1.17 bits per heavy atom. The average Bonchev–Trinajstić information content (AvgIpc) is 2.73. The lowest BCUT2D eigenvalue weighted by atomic mass is 9.89. The summed E-state index contributed by atoms with van der Waals surface area (Å²) >= 11 is 0. The number of carboxylic acid groups (broad SMARTS) is 1. The molecule has 1 aliphatic heterocycles. The summed E-state index contributed by atoms with van der Waals surface area (Å²) in [7, 11) is 0. The van der Waals surface area contributed by atoms with Crippen molar-refractivity contribution in [1.82, 2.24) is 9.88 Å². The van der Waals surface area contributed by atoms with Crippen LogP contribution in [0.2, 0.25) is 0 Å². The molecule has 2 aromatic rings. The molecule has 3 rings (SSSR count). The molecule has 1 aromatic heterocycles. The van der Waals surface area contributed by atoms with Gasteiger partial charge in [0.05, 0.1) is 16.8 Å². The highest BCUT2D eigenvalue weighted by molar-refractivity contribution is 5.97. The molecule has 0 saturated carbocycles. The number of carboxylic acids is 1. The second-order valence-electron chi connectivity index (χ2n) is 7.94. The van der Waals surface area contributed by atoms with E-state index in [2.05, 4.69) is 4.98 Å². The molecule has 1 N–H and O–H groups in total. The first-order valence-corrected chi connectivity index (χ1v) is 9.97. The summed E-state index contributed by atoms with van der Waals surface area (Å²) in [5.41, 5.74) is 1.62. The van der Waals surface area contributed by atoms with E-state index in [1.165, 1.54) is 12.3 Å². The maximum atomic E-state index is 12.9. The number of aromatic carboxylic acids is 1. The van der Waals surface area contributed by atoms with Gasteiger partial charge < -0.3 is 10.0 Å². The highest BCUT2D eigenvalue weighted by Crippen LogP contribution is 2.24. The number of hydrogen-bond acceptors (Lipinski definition) is 4. The smallest absolute Gasteiger partial charge is 0.336 e. The van der Waals surface area contributed by atoms with Gasteiger partial charge in [-0.1, -0.05) is 32.0 Å². The lowest BCUT2D eigenvalue weighted by Crippen LogP contribution is -2.42. The summed E-state index contributed by atoms with van der Waals surface area (Å²) in [6.45, 7) is 5.14. The summed E-state index contributed by atoms with van der Waals surface area (Å²) in [5, 5.41) is 9.35. The van der Waals surface area contributed by atoms with Crippen LogP contribution < -0.4 is 0 Å². The van der Waals surface area contributed by atoms with E-state index in [4.69, 9.17) is 0 Å². The Balaban J connectivity index is 1.74. The second-order valence-corrected chi connectivity index (χ2v) is 7.94. The van der Waals surface area contributed by atoms with Gasteiger partial charge in [-0.25, -0.2) is 4.79 Å². The predicted molar refractivity (Wildman–Crippen MR) is 110 cm³/mol. The molecule has 0 radical (unpaired) electrons. The molecule has 1 fully saturated rings. The number of amides is 1. The number of carbonyl (C=O) groups excluding carboxylic acids is 2. The molecular formula is C23H26N2O4. The van der Waals surface area contributed by atoms with Gasteiger partial charge in [-0.05, 0) is 37.0 Å². The van der Waals surface area contributed by atoms with E-state index >= 15 is 0 Å². The van der Waals surface area contributed by atoms with Gasteiger partial charge in [0.15, 0.2) is 0 Å². The number of piperidine rings is 1. The number of rotatable bonds is 6. The molecule has 1 amide bonds. The zero-order valence-electron chi connectivity index (χ0n) is 16.8. The third-order valence-corrected chi connectivity index (χ3v) is 5.22. The van der Waals surface area contributed by atoms with Gasteiger partial charge >= 0.3 is 5.97 Å². The number of carbonyl (C=O) groups is 3. The quantitative estimate of drug-likeness (QED) is 0.802. The summed E-state index contributed by atoms with van der Waals surface area (Å²) in [4.78, 5) is 42.8. The number of hydrogen-bond donors (Lipinski definition) is 1. The summed E-state index contributed by atoms with van der Waals surface area (Å²) in [6, 6.07) is 9.98. The molecule has 1 aliphatic rings. The molecule has 0 spiro atoms. The summed E-state index contributed by atoms with van der Waals surface area (Å²) < 4.78 is 0. The Morgan fingerprint density at radius 3 is 2.59 bits per heavy atom. The normalized spacial score (nSPS) is 16.7. The first-order chi connectivity index (χ1) is 13.9. The predicted octanol–water partition coefficient (Wildman–Crippen LogP) is 3.91. The standard InChI is InChI=1S/C23H26N2O4/c1-15(2)12-21(26)17-6-5-11-25(14-17)22(27)16-9-10-20(24-13-16)18-7-3-4-8-19(18)23(28)29/h3-4,7-10,13,15,17H,5-6,11-12,14H2,1-2H3,(H,28,29)/t17-/m1/s1. The molecule has 6 heteroatoms. The molecule has 1 atom stereocenters. The molecule has 6 nitrogen and oxygen atoms in total. The molecule has 152 valence electrons. The Bertz CT molecular complexity index is 905. The van der Waals surface area contributed by atoms with Crippen LogP contribution in [0.1, 0.15) is 53.8 Å². The van der Waals surface area contributed by atoms with Gasteiger partial charge in [-0.15, -0.1) is 0 Å². The van der Waals surface area contributed by atoms with Crippen LogP contribution in [-0.4, -0.2) is 45.7 Å². The van der Waals surface area contributed by atoms with E-state index in [0.717, 1.165) is 12.8 Å². The van der Waals surface area contributed by atoms with Gasteiger partial charge in [0.2, 0.25) is 0 Å². The molecule has 0 bridgehead atoms. The van der Waals surface area contributed by atoms with Crippen LogP contribution in [0.3, 0.4) is 0 Å². The Hall–Kier alpha value is -3.02. The van der Waals surface area contributed by atoms with E-state index in [-0.39, 0.29) is 23.2 Å². The van der Waals surface area contributed by atoms with E-state index < -0.39 is 5.97 Å². The zero-order valence-corrected chi connectivity index (χ0v) is 16.8. The molecule has 0 aliphatic carbocycles. The lowest BCUT2D eigenvalue weighted by molar-refractivity contribution is -0.124. The molecule has 1 aromatic carbocycles. The van der Waals surface area contributed by atoms with Crippen LogP contribution in [-0.2, 0) is 4.79 Å². The van der Waals surface area contributed by atoms with E-state index in [1.807, 2.05) is 13.8 Å². The fourth-order valence-corrected chi connectivity index (χ4v) is 3.75. The fraction of sp³-hybridized carbons (Fsp3) is 0.391. The number of likely N-dealkylation sites (tertiary alicyclic amines) is 1. The third kappa shape index (κ3) is 4.88. The van der Waals surface area contributed by atoms with Gasteiger partial charge in [-0.2, -0.15) is 0 Å². The van der Waals surface area contributed by atoms with Crippen molar-refractivity contribution in [1.29, 1.82) is 0 Å². The summed E-state index contributed by atoms with van der Waals surface area (Å²) in [6.07, 6.45) is 3.68. The van der Waals surface area contributed by atoms with Gasteiger partial charge in [-0.3, -0.25) is 14.6 Å². The third-order valence-electron chi connectivity index (χ3n) is 5.22. The average molecular weight is 394 g/mol. The molecule has 0 unspecified atom stereocenters. The Labute approximate surface area is 170 Å². The molecule has 29 heavy (non-hydrogen) atoms. The van der Waals surface area contributed by atoms with Crippen molar-refractivity contribution < 1.29 is 19.5 Å². The van der Waals surface area contributed by atoms with E-state index in [0.29, 0.717) is 42.2 Å². The van der Waals surface area contributed by atoms with Crippen molar-refractivity contribution in [2.24, 2.45) is 11.8 Å². The van der Waals surface area contributed by atoms with Crippen LogP contribution in [0, 0.1) is 11.8 Å². The van der Waals surface area contributed by atoms with Crippen molar-refractivity contribution >= 4 is 17.7 Å². The van der Waals surface area contributed by atoms with Gasteiger partial charge in [0, 0.05) is 37.2 Å². The number of benzene rings is 1. The van der Waals surface area contributed by atoms with E-state index in [1.54, 1.807) is 35.2 Å². The topological polar surface area (TPSA) is 87.6 Å². The minimum atomic E-state index is -1.02. The number of pyridine rings is 1. The van der Waals surface area contributed by atoms with Crippen LogP contribution >= 0.6 is 0 Å². The number of ketones is 1. The van der Waals surface area contributed by atoms with Crippen LogP contribution in [0.5, 0.6) is 0 Å². The SMILES string of the molecule is CC(C)CC(=O)[C@@H]1CCCN(C(=O)c2ccc(-c3ccccc3C(=O)O)nc2)C1. The number of aromatic nitrogens is 1. The largest absolute Gasteiger partial charge is 0.478 e. The fourth-order valence-electron chi connectivity index (χ4n) is 3.75. The highest BCUT2D eigenvalue weighted by atomic mass is 16.4. The van der Waals surface area contributed by atoms with Crippen LogP contribution in [0.15, 0.2) is 42.6 Å². The van der Waals surface area contributed by atoms with Crippen molar-refractivity contribution in [3.63, 3.8) is 0 Å². The highest BCUT2D eigenvalue weighted by Gasteiger charge is 2.29. The molecule has 1 saturated heterocycles.